The summed E-state index contributed by atoms with van der Waals surface area (Å²) < 4.78 is 32.9. The number of para-hydroxylation sites is 1. The molecule has 260 valence electrons. The highest BCUT2D eigenvalue weighted by Gasteiger charge is 2.21. The van der Waals surface area contributed by atoms with Crippen LogP contribution >= 0.6 is 0 Å². The van der Waals surface area contributed by atoms with Crippen LogP contribution < -0.4 is 33.7 Å². The van der Waals surface area contributed by atoms with Crippen molar-refractivity contribution in [3.05, 3.63) is 102 Å². The molecule has 6 rings (SSSR count). The zero-order valence-corrected chi connectivity index (χ0v) is 29.1. The Morgan fingerprint density at radius 2 is 1.45 bits per heavy atom. The molecule has 11 nitrogen and oxygen atoms in total. The number of pyridine rings is 1. The van der Waals surface area contributed by atoms with Crippen molar-refractivity contribution in [1.82, 2.24) is 15.3 Å². The number of nitrogens with zero attached hydrogens (tertiary/aromatic N) is 1. The number of aromatic amines is 1. The van der Waals surface area contributed by atoms with Crippen LogP contribution in [0.15, 0.2) is 84.9 Å². The lowest BCUT2D eigenvalue weighted by Gasteiger charge is -2.16. The summed E-state index contributed by atoms with van der Waals surface area (Å²) in [6.45, 7) is 1.43. The van der Waals surface area contributed by atoms with E-state index >= 15 is 0 Å². The summed E-state index contributed by atoms with van der Waals surface area (Å²) in [6, 6.07) is 26.2. The Morgan fingerprint density at radius 1 is 0.745 bits per heavy atom. The van der Waals surface area contributed by atoms with E-state index in [1.807, 2.05) is 48.5 Å². The van der Waals surface area contributed by atoms with E-state index in [-0.39, 0.29) is 18.2 Å². The van der Waals surface area contributed by atoms with Crippen molar-refractivity contribution < 1.29 is 38.0 Å². The third-order valence-electron chi connectivity index (χ3n) is 8.32. The number of rotatable bonds is 12. The number of H-pyrrole nitrogens is 1. The minimum Gasteiger partial charge on any atom is -0.497 e. The van der Waals surface area contributed by atoms with Crippen LogP contribution in [0.3, 0.4) is 0 Å². The molecular formula is C40H37N3O8. The fraction of sp³-hybridized carbons (Fsp3) is 0.175. The summed E-state index contributed by atoms with van der Waals surface area (Å²) in [4.78, 5) is 34.4. The van der Waals surface area contributed by atoms with Crippen molar-refractivity contribution in [3.63, 3.8) is 0 Å². The number of methoxy groups -OCH3 is 5. The van der Waals surface area contributed by atoms with Gasteiger partial charge < -0.3 is 38.7 Å². The number of nitrogens with one attached hydrogen (secondary N) is 2. The lowest BCUT2D eigenvalue weighted by Crippen LogP contribution is -2.24. The van der Waals surface area contributed by atoms with Crippen molar-refractivity contribution in [2.45, 2.75) is 13.5 Å². The number of hydrogen-bond acceptors (Lipinski definition) is 9. The molecule has 2 heterocycles. The van der Waals surface area contributed by atoms with Gasteiger partial charge in [-0.3, -0.25) is 9.59 Å². The first-order valence-electron chi connectivity index (χ1n) is 16.0. The maximum Gasteiger partial charge on any atom is 0.308 e. The Kier molecular flexibility index (Phi) is 10.1. The van der Waals surface area contributed by atoms with Gasteiger partial charge >= 0.3 is 5.97 Å². The van der Waals surface area contributed by atoms with E-state index in [9.17, 15) is 9.59 Å². The summed E-state index contributed by atoms with van der Waals surface area (Å²) in [5, 5.41) is 5.10. The highest BCUT2D eigenvalue weighted by molar-refractivity contribution is 6.24. The van der Waals surface area contributed by atoms with Crippen LogP contribution in [0.1, 0.15) is 23.7 Å². The minimum atomic E-state index is -0.483. The molecule has 0 radical (unpaired) electrons. The molecule has 0 bridgehead atoms. The third-order valence-corrected chi connectivity index (χ3v) is 8.32. The van der Waals surface area contributed by atoms with E-state index in [1.54, 1.807) is 43.5 Å². The molecular weight excluding hydrogens is 650 g/mol. The number of aromatic nitrogens is 2. The van der Waals surface area contributed by atoms with E-state index in [2.05, 4.69) is 16.4 Å². The molecule has 1 amide bonds. The van der Waals surface area contributed by atoms with Crippen molar-refractivity contribution in [2.24, 2.45) is 0 Å². The van der Waals surface area contributed by atoms with E-state index in [4.69, 9.17) is 33.4 Å². The van der Waals surface area contributed by atoms with Crippen molar-refractivity contribution >= 4 is 45.3 Å². The van der Waals surface area contributed by atoms with Crippen LogP contribution in [0.25, 0.3) is 44.7 Å². The second kappa shape index (κ2) is 15.0. The van der Waals surface area contributed by atoms with Gasteiger partial charge in [0.2, 0.25) is 5.75 Å². The molecule has 11 heteroatoms. The Hall–Kier alpha value is -6.49. The summed E-state index contributed by atoms with van der Waals surface area (Å²) in [7, 11) is 7.63. The molecule has 0 unspecified atom stereocenters. The summed E-state index contributed by atoms with van der Waals surface area (Å²) in [6.07, 6.45) is 1.70. The Bertz CT molecular complexity index is 2250. The predicted molar refractivity (Wildman–Crippen MR) is 196 cm³/mol. The molecule has 51 heavy (non-hydrogen) atoms. The lowest BCUT2D eigenvalue weighted by molar-refractivity contribution is -0.132. The smallest absolute Gasteiger partial charge is 0.308 e. The zero-order chi connectivity index (χ0) is 36.1. The van der Waals surface area contributed by atoms with Gasteiger partial charge in [0, 0.05) is 34.3 Å². The Labute approximate surface area is 294 Å². The van der Waals surface area contributed by atoms with E-state index in [0.29, 0.717) is 45.4 Å². The third kappa shape index (κ3) is 7.13. The van der Waals surface area contributed by atoms with Gasteiger partial charge in [-0.25, -0.2) is 4.98 Å². The number of esters is 1. The molecule has 0 aliphatic heterocycles. The van der Waals surface area contributed by atoms with Gasteiger partial charge in [-0.05, 0) is 77.9 Å². The number of amides is 1. The van der Waals surface area contributed by atoms with Crippen LogP contribution in [0, 0.1) is 0 Å². The first kappa shape index (κ1) is 34.4. The highest BCUT2D eigenvalue weighted by atomic mass is 16.6. The highest BCUT2D eigenvalue weighted by Crippen LogP contribution is 2.41. The summed E-state index contributed by atoms with van der Waals surface area (Å²) in [5.41, 5.74) is 5.57. The molecule has 0 saturated heterocycles. The molecule has 0 aliphatic carbocycles. The molecule has 0 atom stereocenters. The maximum atomic E-state index is 14.3. The number of ether oxygens (including phenoxy) is 6. The standard InChI is InChI=1S/C40H37N3O8/c1-23(44)51-33-16-11-24(18-34(33)47-3)17-30(26-19-35(48-4)39(50-6)36(20-26)49-5)40(45)41-22-27-21-31-29-9-7-8-10-32(29)43-38(31)37(42-27)25-12-14-28(46-2)15-13-25/h7-21,43H,22H2,1-6H3,(H,41,45)/b30-17+. The molecule has 2 aromatic heterocycles. The van der Waals surface area contributed by atoms with Crippen molar-refractivity contribution in [1.29, 1.82) is 0 Å². The molecule has 0 aliphatic rings. The van der Waals surface area contributed by atoms with Gasteiger partial charge in [-0.2, -0.15) is 0 Å². The quantitative estimate of drug-likeness (QED) is 0.0593. The molecule has 0 fully saturated rings. The zero-order valence-electron chi connectivity index (χ0n) is 29.1. The second-order valence-corrected chi connectivity index (χ2v) is 11.4. The SMILES string of the molecule is COc1ccc(-c2nc(CNC(=O)/C(=C/c3ccc(OC(C)=O)c(OC)c3)c3cc(OC)c(OC)c(OC)c3)cc3c2[nH]c2ccccc23)cc1. The Balaban J connectivity index is 1.42. The summed E-state index contributed by atoms with van der Waals surface area (Å²) in [5.74, 6) is 1.59. The Morgan fingerprint density at radius 3 is 2.10 bits per heavy atom. The van der Waals surface area contributed by atoms with E-state index in [0.717, 1.165) is 38.8 Å². The number of benzene rings is 4. The van der Waals surface area contributed by atoms with Gasteiger partial charge in [0.1, 0.15) is 5.75 Å². The fourth-order valence-corrected chi connectivity index (χ4v) is 5.91. The van der Waals surface area contributed by atoms with Crippen LogP contribution in [0.5, 0.6) is 34.5 Å². The van der Waals surface area contributed by atoms with Crippen LogP contribution in [0.2, 0.25) is 0 Å². The van der Waals surface area contributed by atoms with Crippen LogP contribution in [-0.4, -0.2) is 57.4 Å². The average molecular weight is 688 g/mol. The molecule has 0 saturated carbocycles. The van der Waals surface area contributed by atoms with Gasteiger partial charge in [0.15, 0.2) is 23.0 Å². The first-order chi connectivity index (χ1) is 24.8. The monoisotopic (exact) mass is 687 g/mol. The normalized spacial score (nSPS) is 11.3. The summed E-state index contributed by atoms with van der Waals surface area (Å²) >= 11 is 0. The maximum absolute atomic E-state index is 14.3. The lowest BCUT2D eigenvalue weighted by atomic mass is 10.00. The molecule has 4 aromatic carbocycles. The van der Waals surface area contributed by atoms with Gasteiger partial charge in [0.25, 0.3) is 5.91 Å². The van der Waals surface area contributed by atoms with Gasteiger partial charge in [-0.1, -0.05) is 24.3 Å². The predicted octanol–water partition coefficient (Wildman–Crippen LogP) is 7.21. The molecule has 0 spiro atoms. The second-order valence-electron chi connectivity index (χ2n) is 11.4. The van der Waals surface area contributed by atoms with Crippen molar-refractivity contribution in [2.75, 3.05) is 35.5 Å². The van der Waals surface area contributed by atoms with Gasteiger partial charge in [0.05, 0.1) is 59.0 Å². The number of carbonyl (C=O) groups excluding carboxylic acids is 2. The number of hydrogen-bond donors (Lipinski definition) is 2. The number of fused-ring (bicyclic) bond motifs is 3. The van der Waals surface area contributed by atoms with Gasteiger partial charge in [-0.15, -0.1) is 0 Å². The largest absolute Gasteiger partial charge is 0.497 e. The van der Waals surface area contributed by atoms with E-state index in [1.165, 1.54) is 35.4 Å². The van der Waals surface area contributed by atoms with E-state index < -0.39 is 5.97 Å². The molecule has 6 aromatic rings. The van der Waals surface area contributed by atoms with Crippen LogP contribution in [0.4, 0.5) is 0 Å². The minimum absolute atomic E-state index is 0.119. The average Bonchev–Trinajstić information content (AvgIpc) is 3.54. The topological polar surface area (TPSA) is 130 Å². The molecule has 2 N–H and O–H groups in total. The first-order valence-corrected chi connectivity index (χ1v) is 16.0. The fourth-order valence-electron chi connectivity index (χ4n) is 5.91. The van der Waals surface area contributed by atoms with Crippen LogP contribution in [-0.2, 0) is 16.1 Å². The number of carbonyl (C=O) groups is 2. The van der Waals surface area contributed by atoms with Crippen molar-refractivity contribution in [3.8, 4) is 45.8 Å².